The topological polar surface area (TPSA) is 184 Å². The highest BCUT2D eigenvalue weighted by Gasteiger charge is 2.18. The van der Waals surface area contributed by atoms with Gasteiger partial charge in [0, 0.05) is 12.8 Å². The molecule has 0 radical (unpaired) electrons. The summed E-state index contributed by atoms with van der Waals surface area (Å²) in [5, 5.41) is 8.62. The maximum Gasteiger partial charge on any atom is 0.306 e. The van der Waals surface area contributed by atoms with Gasteiger partial charge in [0.25, 0.3) is 0 Å². The van der Waals surface area contributed by atoms with Gasteiger partial charge in [0.1, 0.15) is 6.61 Å². The number of esters is 2. The second-order valence-electron chi connectivity index (χ2n) is 16.5. The minimum Gasteiger partial charge on any atom is -0.462 e. The number of hydrogen-bond donors (Lipinski definition) is 1. The van der Waals surface area contributed by atoms with Gasteiger partial charge in [0.2, 0.25) is 0 Å². The van der Waals surface area contributed by atoms with E-state index in [9.17, 15) is 9.59 Å². The fourth-order valence-corrected chi connectivity index (χ4v) is 6.48. The van der Waals surface area contributed by atoms with Crippen molar-refractivity contribution in [3.63, 3.8) is 0 Å². The monoisotopic (exact) mass is 985 g/mol. The van der Waals surface area contributed by atoms with Crippen LogP contribution in [0, 0.1) is 0 Å². The lowest BCUT2D eigenvalue weighted by Crippen LogP contribution is -2.30. The van der Waals surface area contributed by atoms with Gasteiger partial charge >= 0.3 is 11.9 Å². The van der Waals surface area contributed by atoms with Crippen LogP contribution in [0.15, 0.2) is 0 Å². The van der Waals surface area contributed by atoms with Crippen LogP contribution in [-0.4, -0.2) is 195 Å². The lowest BCUT2D eigenvalue weighted by Gasteiger charge is -2.18. The molecule has 0 bridgehead atoms. The molecular formula is C51H100O17. The Balaban J connectivity index is 3.75. The highest BCUT2D eigenvalue weighted by atomic mass is 16.6. The second-order valence-corrected chi connectivity index (χ2v) is 16.5. The molecule has 0 spiro atoms. The minimum absolute atomic E-state index is 0.00699. The number of unbranched alkanes of at least 4 members (excludes halogenated alkanes) is 16. The molecule has 0 unspecified atom stereocenters. The summed E-state index contributed by atoms with van der Waals surface area (Å²) >= 11 is 0. The van der Waals surface area contributed by atoms with Gasteiger partial charge in [0.05, 0.1) is 165 Å². The zero-order valence-corrected chi connectivity index (χ0v) is 43.1. The molecular weight excluding hydrogens is 885 g/mol. The molecule has 0 saturated heterocycles. The molecule has 17 heteroatoms. The Bertz CT molecular complexity index is 981. The summed E-state index contributed by atoms with van der Waals surface area (Å²) in [6.45, 7) is 15.1. The van der Waals surface area contributed by atoms with E-state index in [1.807, 2.05) is 0 Å². The van der Waals surface area contributed by atoms with Crippen molar-refractivity contribution in [2.75, 3.05) is 172 Å². The van der Waals surface area contributed by atoms with Crippen LogP contribution in [0.2, 0.25) is 0 Å². The predicted octanol–water partition coefficient (Wildman–Crippen LogP) is 7.47. The minimum atomic E-state index is -0.650. The number of ether oxygens (including phenoxy) is 14. The molecule has 0 fully saturated rings. The Morgan fingerprint density at radius 3 is 0.853 bits per heavy atom. The highest BCUT2D eigenvalue weighted by Crippen LogP contribution is 2.13. The van der Waals surface area contributed by atoms with Gasteiger partial charge in [0.15, 0.2) is 6.10 Å². The van der Waals surface area contributed by atoms with Crippen molar-refractivity contribution in [1.82, 2.24) is 0 Å². The van der Waals surface area contributed by atoms with Crippen molar-refractivity contribution in [3.05, 3.63) is 0 Å². The lowest BCUT2D eigenvalue weighted by molar-refractivity contribution is -0.163. The molecule has 0 aromatic carbocycles. The summed E-state index contributed by atoms with van der Waals surface area (Å²) in [7, 11) is 0. The number of rotatable bonds is 60. The van der Waals surface area contributed by atoms with Gasteiger partial charge in [-0.2, -0.15) is 0 Å². The molecule has 1 N–H and O–H groups in total. The van der Waals surface area contributed by atoms with E-state index in [4.69, 9.17) is 71.4 Å². The summed E-state index contributed by atoms with van der Waals surface area (Å²) < 4.78 is 77.1. The summed E-state index contributed by atoms with van der Waals surface area (Å²) in [4.78, 5) is 25.1. The first-order valence-electron chi connectivity index (χ1n) is 26.5. The van der Waals surface area contributed by atoms with E-state index >= 15 is 0 Å². The van der Waals surface area contributed by atoms with Gasteiger partial charge in [-0.1, -0.05) is 117 Å². The smallest absolute Gasteiger partial charge is 0.306 e. The average molecular weight is 985 g/mol. The fraction of sp³-hybridized carbons (Fsp3) is 0.961. The molecule has 406 valence electrons. The van der Waals surface area contributed by atoms with Crippen molar-refractivity contribution >= 4 is 11.9 Å². The van der Waals surface area contributed by atoms with Crippen LogP contribution in [0.25, 0.3) is 0 Å². The van der Waals surface area contributed by atoms with Crippen LogP contribution in [0.1, 0.15) is 142 Å². The van der Waals surface area contributed by atoms with Crippen LogP contribution >= 0.6 is 0 Å². The lowest BCUT2D eigenvalue weighted by atomic mass is 10.1. The normalized spacial score (nSPS) is 12.0. The number of carbonyl (C=O) groups is 2. The van der Waals surface area contributed by atoms with E-state index in [1.165, 1.54) is 77.0 Å². The summed E-state index contributed by atoms with van der Waals surface area (Å²) in [5.41, 5.74) is 0. The van der Waals surface area contributed by atoms with E-state index < -0.39 is 6.10 Å². The third kappa shape index (κ3) is 57.0. The Morgan fingerprint density at radius 2 is 0.559 bits per heavy atom. The molecule has 0 aliphatic heterocycles. The van der Waals surface area contributed by atoms with Gasteiger partial charge in [-0.15, -0.1) is 0 Å². The fourth-order valence-electron chi connectivity index (χ4n) is 6.48. The summed E-state index contributed by atoms with van der Waals surface area (Å²) in [6, 6.07) is 0. The second kappa shape index (κ2) is 59.7. The van der Waals surface area contributed by atoms with Gasteiger partial charge in [-0.3, -0.25) is 9.59 Å². The molecule has 17 nitrogen and oxygen atoms in total. The largest absolute Gasteiger partial charge is 0.462 e. The van der Waals surface area contributed by atoms with Crippen LogP contribution in [0.5, 0.6) is 0 Å². The Labute approximate surface area is 412 Å². The molecule has 0 aromatic rings. The summed E-state index contributed by atoms with van der Waals surface area (Å²) in [6.07, 6.45) is 21.3. The van der Waals surface area contributed by atoms with Gasteiger partial charge < -0.3 is 71.4 Å². The number of carbonyl (C=O) groups excluding carboxylic acids is 2. The molecule has 0 aromatic heterocycles. The summed E-state index contributed by atoms with van der Waals surface area (Å²) in [5.74, 6) is -0.537. The van der Waals surface area contributed by atoms with E-state index in [0.29, 0.717) is 165 Å². The van der Waals surface area contributed by atoms with Gasteiger partial charge in [-0.05, 0) is 12.8 Å². The van der Waals surface area contributed by atoms with Crippen molar-refractivity contribution in [2.24, 2.45) is 0 Å². The average Bonchev–Trinajstić information content (AvgIpc) is 3.34. The molecule has 0 rings (SSSR count). The van der Waals surface area contributed by atoms with E-state index in [1.54, 1.807) is 0 Å². The third-order valence-corrected chi connectivity index (χ3v) is 10.3. The Morgan fingerprint density at radius 1 is 0.309 bits per heavy atom. The van der Waals surface area contributed by atoms with Crippen molar-refractivity contribution in [3.8, 4) is 0 Å². The number of hydrogen-bond acceptors (Lipinski definition) is 17. The highest BCUT2D eigenvalue weighted by molar-refractivity contribution is 5.70. The van der Waals surface area contributed by atoms with E-state index in [0.717, 1.165) is 38.5 Å². The molecule has 0 aliphatic rings. The first kappa shape index (κ1) is 66.4. The quantitative estimate of drug-likeness (QED) is 0.0467. The van der Waals surface area contributed by atoms with E-state index in [-0.39, 0.29) is 31.8 Å². The first-order valence-corrected chi connectivity index (χ1v) is 26.5. The van der Waals surface area contributed by atoms with Crippen LogP contribution < -0.4 is 0 Å². The van der Waals surface area contributed by atoms with Crippen LogP contribution in [0.3, 0.4) is 0 Å². The SMILES string of the molecule is CCCCCCCCCCCC(=O)OC[C@@H](COCCOCCOCCOCCOCCOCCOCCOCCOCCOCCOCCOCCO)OC(=O)CCCCCCCCCCC. The number of aliphatic hydroxyl groups excluding tert-OH is 1. The van der Waals surface area contributed by atoms with Gasteiger partial charge in [-0.25, -0.2) is 0 Å². The molecule has 0 aliphatic carbocycles. The predicted molar refractivity (Wildman–Crippen MR) is 261 cm³/mol. The van der Waals surface area contributed by atoms with Crippen molar-refractivity contribution in [1.29, 1.82) is 0 Å². The maximum atomic E-state index is 12.7. The van der Waals surface area contributed by atoms with Crippen molar-refractivity contribution < 1.29 is 81.0 Å². The Kier molecular flexibility index (Phi) is 58.3. The third-order valence-electron chi connectivity index (χ3n) is 10.3. The van der Waals surface area contributed by atoms with Crippen LogP contribution in [-0.2, 0) is 75.9 Å². The molecule has 1 atom stereocenters. The van der Waals surface area contributed by atoms with Crippen LogP contribution in [0.4, 0.5) is 0 Å². The zero-order valence-electron chi connectivity index (χ0n) is 43.1. The molecule has 0 saturated carbocycles. The maximum absolute atomic E-state index is 12.7. The zero-order chi connectivity index (χ0) is 49.2. The standard InChI is InChI=1S/C51H100O17/c1-3-5-7-9-11-13-15-17-19-21-50(53)67-48-49(68-51(54)22-20-18-16-14-12-10-8-6-4-2)47-66-46-45-65-44-43-64-42-41-63-40-39-62-38-37-61-36-35-60-34-33-59-32-31-58-30-29-57-28-27-56-26-25-55-24-23-52/h49,52H,3-48H2,1-2H3/t49-/m1/s1. The van der Waals surface area contributed by atoms with E-state index in [2.05, 4.69) is 13.8 Å². The number of aliphatic hydroxyl groups is 1. The molecule has 0 heterocycles. The molecule has 68 heavy (non-hydrogen) atoms. The van der Waals surface area contributed by atoms with Crippen molar-refractivity contribution in [2.45, 2.75) is 148 Å². The first-order chi connectivity index (χ1) is 33.6. The Hall–Kier alpha value is -1.58. The molecule has 0 amide bonds.